The molecule has 1 unspecified atom stereocenters. The summed E-state index contributed by atoms with van der Waals surface area (Å²) in [5, 5.41) is 0. The van der Waals surface area contributed by atoms with Gasteiger partial charge in [-0.1, -0.05) is 12.1 Å². The van der Waals surface area contributed by atoms with E-state index in [1.165, 1.54) is 0 Å². The van der Waals surface area contributed by atoms with Crippen molar-refractivity contribution in [1.29, 1.82) is 0 Å². The number of ether oxygens (including phenoxy) is 1. The molecule has 14 heavy (non-hydrogen) atoms. The van der Waals surface area contributed by atoms with Gasteiger partial charge in [0, 0.05) is 6.04 Å². The molecule has 1 aliphatic heterocycles. The minimum Gasteiger partial charge on any atom is -0.484 e. The van der Waals surface area contributed by atoms with E-state index in [2.05, 4.69) is 0 Å². The third-order valence-corrected chi connectivity index (χ3v) is 2.82. The maximum Gasteiger partial charge on any atom is 0.146 e. The summed E-state index contributed by atoms with van der Waals surface area (Å²) in [6, 6.07) is 5.83. The molecule has 3 nitrogen and oxygen atoms in total. The Hall–Kier alpha value is -1.22. The van der Waals surface area contributed by atoms with Crippen LogP contribution in [-0.2, 0) is 6.42 Å². The second-order valence-corrected chi connectivity index (χ2v) is 4.35. The summed E-state index contributed by atoms with van der Waals surface area (Å²) in [5.41, 5.74) is 13.3. The number of hydrogen-bond acceptors (Lipinski definition) is 3. The van der Waals surface area contributed by atoms with E-state index in [0.29, 0.717) is 5.69 Å². The van der Waals surface area contributed by atoms with Crippen LogP contribution in [0.15, 0.2) is 18.2 Å². The average Bonchev–Trinajstić information content (AvgIpc) is 2.09. The highest BCUT2D eigenvalue weighted by atomic mass is 16.5. The van der Waals surface area contributed by atoms with Gasteiger partial charge in [-0.3, -0.25) is 0 Å². The SMILES string of the molecule is CC1(C)Oc2c(N)cccc2CC1N. The third kappa shape index (κ3) is 1.34. The number of para-hydroxylation sites is 1. The maximum atomic E-state index is 6.01. The van der Waals surface area contributed by atoms with Crippen LogP contribution in [-0.4, -0.2) is 11.6 Å². The Balaban J connectivity index is 2.46. The molecule has 76 valence electrons. The van der Waals surface area contributed by atoms with E-state index >= 15 is 0 Å². The van der Waals surface area contributed by atoms with Crippen LogP contribution in [0.1, 0.15) is 19.4 Å². The van der Waals surface area contributed by atoms with Crippen molar-refractivity contribution in [2.45, 2.75) is 31.9 Å². The van der Waals surface area contributed by atoms with Gasteiger partial charge in [0.15, 0.2) is 0 Å². The lowest BCUT2D eigenvalue weighted by Gasteiger charge is -2.38. The molecule has 1 atom stereocenters. The number of fused-ring (bicyclic) bond motifs is 1. The molecular weight excluding hydrogens is 176 g/mol. The van der Waals surface area contributed by atoms with Gasteiger partial charge in [0.25, 0.3) is 0 Å². The van der Waals surface area contributed by atoms with Crippen LogP contribution in [0.3, 0.4) is 0 Å². The quantitative estimate of drug-likeness (QED) is 0.609. The van der Waals surface area contributed by atoms with E-state index in [4.69, 9.17) is 16.2 Å². The fraction of sp³-hybridized carbons (Fsp3) is 0.455. The normalized spacial score (nSPS) is 23.8. The monoisotopic (exact) mass is 192 g/mol. The summed E-state index contributed by atoms with van der Waals surface area (Å²) in [7, 11) is 0. The smallest absolute Gasteiger partial charge is 0.146 e. The predicted molar refractivity (Wildman–Crippen MR) is 57.2 cm³/mol. The predicted octanol–water partition coefficient (Wildman–Crippen LogP) is 1.31. The molecule has 4 N–H and O–H groups in total. The molecule has 3 heteroatoms. The van der Waals surface area contributed by atoms with Gasteiger partial charge in [-0.05, 0) is 31.9 Å². The number of nitrogens with two attached hydrogens (primary N) is 2. The molecule has 0 saturated heterocycles. The topological polar surface area (TPSA) is 61.3 Å². The van der Waals surface area contributed by atoms with Crippen LogP contribution < -0.4 is 16.2 Å². The molecular formula is C11H16N2O. The van der Waals surface area contributed by atoms with E-state index in [1.807, 2.05) is 32.0 Å². The van der Waals surface area contributed by atoms with E-state index < -0.39 is 0 Å². The summed E-state index contributed by atoms with van der Waals surface area (Å²) in [4.78, 5) is 0. The zero-order chi connectivity index (χ0) is 10.3. The molecule has 0 spiro atoms. The Morgan fingerprint density at radius 3 is 2.86 bits per heavy atom. The Kier molecular flexibility index (Phi) is 1.93. The Bertz CT molecular complexity index is 360. The van der Waals surface area contributed by atoms with Gasteiger partial charge in [0.2, 0.25) is 0 Å². The summed E-state index contributed by atoms with van der Waals surface area (Å²) >= 11 is 0. The van der Waals surface area contributed by atoms with Gasteiger partial charge >= 0.3 is 0 Å². The number of hydrogen-bond donors (Lipinski definition) is 2. The van der Waals surface area contributed by atoms with Crippen LogP contribution in [0.5, 0.6) is 5.75 Å². The van der Waals surface area contributed by atoms with E-state index in [1.54, 1.807) is 0 Å². The van der Waals surface area contributed by atoms with Crippen LogP contribution in [0.2, 0.25) is 0 Å². The van der Waals surface area contributed by atoms with E-state index in [9.17, 15) is 0 Å². The van der Waals surface area contributed by atoms with Crippen LogP contribution in [0, 0.1) is 0 Å². The summed E-state index contributed by atoms with van der Waals surface area (Å²) in [6.45, 7) is 3.99. The molecule has 1 aromatic carbocycles. The molecule has 0 radical (unpaired) electrons. The fourth-order valence-corrected chi connectivity index (χ4v) is 1.71. The van der Waals surface area contributed by atoms with Crippen LogP contribution >= 0.6 is 0 Å². The number of anilines is 1. The Labute approximate surface area is 84.0 Å². The molecule has 1 aliphatic rings. The first-order valence-corrected chi connectivity index (χ1v) is 4.82. The Morgan fingerprint density at radius 2 is 2.14 bits per heavy atom. The fourth-order valence-electron chi connectivity index (χ4n) is 1.71. The minimum atomic E-state index is -0.331. The van der Waals surface area contributed by atoms with Crippen LogP contribution in [0.4, 0.5) is 5.69 Å². The summed E-state index contributed by atoms with van der Waals surface area (Å²) in [5.74, 6) is 0.805. The number of nitrogen functional groups attached to an aromatic ring is 1. The molecule has 1 aromatic rings. The lowest BCUT2D eigenvalue weighted by atomic mass is 9.89. The second-order valence-electron chi connectivity index (χ2n) is 4.35. The number of rotatable bonds is 0. The highest BCUT2D eigenvalue weighted by Crippen LogP contribution is 2.36. The van der Waals surface area contributed by atoms with Gasteiger partial charge in [-0.2, -0.15) is 0 Å². The van der Waals surface area contributed by atoms with Crippen molar-refractivity contribution < 1.29 is 4.74 Å². The number of benzene rings is 1. The molecule has 0 aliphatic carbocycles. The average molecular weight is 192 g/mol. The lowest BCUT2D eigenvalue weighted by molar-refractivity contribution is 0.0650. The van der Waals surface area contributed by atoms with Gasteiger partial charge in [-0.25, -0.2) is 0 Å². The van der Waals surface area contributed by atoms with Crippen molar-refractivity contribution >= 4 is 5.69 Å². The summed E-state index contributed by atoms with van der Waals surface area (Å²) in [6.07, 6.45) is 0.827. The molecule has 2 rings (SSSR count). The first-order valence-electron chi connectivity index (χ1n) is 4.82. The third-order valence-electron chi connectivity index (χ3n) is 2.82. The molecule has 0 aromatic heterocycles. The molecule has 0 bridgehead atoms. The molecule has 0 fully saturated rings. The van der Waals surface area contributed by atoms with Crippen molar-refractivity contribution in [1.82, 2.24) is 0 Å². The van der Waals surface area contributed by atoms with Crippen molar-refractivity contribution in [3.8, 4) is 5.75 Å². The second kappa shape index (κ2) is 2.89. The molecule has 0 saturated carbocycles. The molecule has 0 amide bonds. The largest absolute Gasteiger partial charge is 0.484 e. The zero-order valence-electron chi connectivity index (χ0n) is 8.58. The van der Waals surface area contributed by atoms with E-state index in [-0.39, 0.29) is 11.6 Å². The van der Waals surface area contributed by atoms with Crippen molar-refractivity contribution in [3.63, 3.8) is 0 Å². The first kappa shape index (κ1) is 9.34. The van der Waals surface area contributed by atoms with Gasteiger partial charge in [0.05, 0.1) is 5.69 Å². The summed E-state index contributed by atoms with van der Waals surface area (Å²) < 4.78 is 5.81. The van der Waals surface area contributed by atoms with Gasteiger partial charge < -0.3 is 16.2 Å². The van der Waals surface area contributed by atoms with Crippen LogP contribution in [0.25, 0.3) is 0 Å². The first-order chi connectivity index (χ1) is 6.50. The van der Waals surface area contributed by atoms with Gasteiger partial charge in [0.1, 0.15) is 11.4 Å². The standard InChI is InChI=1S/C11H16N2O/c1-11(2)9(13)6-7-4-3-5-8(12)10(7)14-11/h3-5,9H,6,12-13H2,1-2H3. The zero-order valence-corrected chi connectivity index (χ0v) is 8.58. The Morgan fingerprint density at radius 1 is 1.43 bits per heavy atom. The molecule has 1 heterocycles. The lowest BCUT2D eigenvalue weighted by Crippen LogP contribution is -2.51. The highest BCUT2D eigenvalue weighted by Gasteiger charge is 2.34. The van der Waals surface area contributed by atoms with Crippen molar-refractivity contribution in [2.75, 3.05) is 5.73 Å². The van der Waals surface area contributed by atoms with Crippen molar-refractivity contribution in [3.05, 3.63) is 23.8 Å². The maximum absolute atomic E-state index is 6.01. The van der Waals surface area contributed by atoms with Gasteiger partial charge in [-0.15, -0.1) is 0 Å². The van der Waals surface area contributed by atoms with E-state index in [0.717, 1.165) is 17.7 Å². The highest BCUT2D eigenvalue weighted by molar-refractivity contribution is 5.58. The minimum absolute atomic E-state index is 0.0248. The van der Waals surface area contributed by atoms with Crippen molar-refractivity contribution in [2.24, 2.45) is 5.73 Å².